The van der Waals surface area contributed by atoms with Crippen LogP contribution in [0.3, 0.4) is 0 Å². The number of primary amides is 1. The van der Waals surface area contributed by atoms with Crippen molar-refractivity contribution in [2.45, 2.75) is 19.4 Å². The van der Waals surface area contributed by atoms with Crippen molar-refractivity contribution in [3.8, 4) is 0 Å². The van der Waals surface area contributed by atoms with Gasteiger partial charge in [0.2, 0.25) is 5.91 Å². The number of H-pyrrole nitrogens is 1. The molecule has 1 aromatic heterocycles. The van der Waals surface area contributed by atoms with Crippen molar-refractivity contribution < 1.29 is 14.3 Å². The lowest BCUT2D eigenvalue weighted by Crippen LogP contribution is -2.37. The van der Waals surface area contributed by atoms with E-state index in [1.54, 1.807) is 0 Å². The molecule has 0 bridgehead atoms. The van der Waals surface area contributed by atoms with Gasteiger partial charge in [-0.15, -0.1) is 0 Å². The van der Waals surface area contributed by atoms with Crippen molar-refractivity contribution in [1.29, 1.82) is 0 Å². The third-order valence-corrected chi connectivity index (χ3v) is 4.60. The van der Waals surface area contributed by atoms with E-state index in [1.165, 1.54) is 0 Å². The third-order valence-electron chi connectivity index (χ3n) is 4.60. The lowest BCUT2D eigenvalue weighted by Gasteiger charge is -2.20. The number of carbonyl (C=O) groups excluding carboxylic acids is 2. The minimum absolute atomic E-state index is 0.0673. The quantitative estimate of drug-likeness (QED) is 0.599. The Balaban J connectivity index is 1.75. The fourth-order valence-corrected chi connectivity index (χ4v) is 3.13. The number of hydrogen-bond donors (Lipinski definition) is 3. The highest BCUT2D eigenvalue weighted by molar-refractivity contribution is 5.85. The summed E-state index contributed by atoms with van der Waals surface area (Å²) in [6, 6.07) is 17.4. The second-order valence-electron chi connectivity index (χ2n) is 6.53. The van der Waals surface area contributed by atoms with Gasteiger partial charge in [0.05, 0.1) is 12.0 Å². The molecule has 27 heavy (non-hydrogen) atoms. The van der Waals surface area contributed by atoms with E-state index in [9.17, 15) is 9.59 Å². The van der Waals surface area contributed by atoms with Gasteiger partial charge in [-0.1, -0.05) is 48.5 Å². The second-order valence-corrected chi connectivity index (χ2v) is 6.53. The maximum absolute atomic E-state index is 12.8. The highest BCUT2D eigenvalue weighted by Crippen LogP contribution is 2.22. The number of aromatic nitrogens is 1. The number of rotatable bonds is 7. The fourth-order valence-electron chi connectivity index (χ4n) is 3.13. The molecular formula is C21H23N3O3. The Morgan fingerprint density at radius 2 is 1.81 bits per heavy atom. The van der Waals surface area contributed by atoms with Crippen LogP contribution >= 0.6 is 0 Å². The number of carbonyl (C=O) groups is 2. The average molecular weight is 365 g/mol. The van der Waals surface area contributed by atoms with E-state index in [0.29, 0.717) is 6.42 Å². The number of amides is 2. The summed E-state index contributed by atoms with van der Waals surface area (Å²) < 4.78 is 4.94. The standard InChI is InChI=1S/C21H23N3O3/c1-14(15-7-3-2-4-8-15)24-20(25)17(13-27-21(22)26)11-16-12-23-19-10-6-5-9-18(16)19/h2-10,12,14,17,23H,11,13H2,1H3,(H2,22,26)(H,24,25). The Morgan fingerprint density at radius 3 is 2.56 bits per heavy atom. The molecule has 3 rings (SSSR count). The smallest absolute Gasteiger partial charge is 0.404 e. The van der Waals surface area contributed by atoms with Gasteiger partial charge in [0.1, 0.15) is 6.61 Å². The molecule has 4 N–H and O–H groups in total. The molecule has 6 nitrogen and oxygen atoms in total. The topological polar surface area (TPSA) is 97.2 Å². The summed E-state index contributed by atoms with van der Waals surface area (Å²) in [6.07, 6.45) is 1.43. The molecule has 1 heterocycles. The molecule has 0 saturated carbocycles. The van der Waals surface area contributed by atoms with Gasteiger partial charge >= 0.3 is 6.09 Å². The number of nitrogens with one attached hydrogen (secondary N) is 2. The molecule has 0 radical (unpaired) electrons. The van der Waals surface area contributed by atoms with Crippen molar-refractivity contribution in [1.82, 2.24) is 10.3 Å². The highest BCUT2D eigenvalue weighted by Gasteiger charge is 2.23. The first-order chi connectivity index (χ1) is 13.0. The van der Waals surface area contributed by atoms with Crippen LogP contribution in [-0.2, 0) is 16.0 Å². The third kappa shape index (κ3) is 4.67. The summed E-state index contributed by atoms with van der Waals surface area (Å²) in [4.78, 5) is 27.1. The Kier molecular flexibility index (Phi) is 5.76. The number of aromatic amines is 1. The maximum atomic E-state index is 12.8. The summed E-state index contributed by atoms with van der Waals surface area (Å²) >= 11 is 0. The van der Waals surface area contributed by atoms with E-state index in [-0.39, 0.29) is 18.6 Å². The lowest BCUT2D eigenvalue weighted by molar-refractivity contribution is -0.126. The van der Waals surface area contributed by atoms with Crippen LogP contribution in [-0.4, -0.2) is 23.6 Å². The van der Waals surface area contributed by atoms with Gasteiger partial charge in [-0.25, -0.2) is 4.79 Å². The molecule has 2 unspecified atom stereocenters. The van der Waals surface area contributed by atoms with Crippen LogP contribution in [0.4, 0.5) is 4.79 Å². The largest absolute Gasteiger partial charge is 0.449 e. The van der Waals surface area contributed by atoms with E-state index >= 15 is 0 Å². The van der Waals surface area contributed by atoms with E-state index in [2.05, 4.69) is 10.3 Å². The molecule has 3 aromatic rings. The first-order valence-electron chi connectivity index (χ1n) is 8.87. The van der Waals surface area contributed by atoms with Crippen LogP contribution in [0.5, 0.6) is 0 Å². The van der Waals surface area contributed by atoms with Crippen molar-refractivity contribution in [2.75, 3.05) is 6.61 Å². The first-order valence-corrected chi connectivity index (χ1v) is 8.87. The van der Waals surface area contributed by atoms with Crippen molar-refractivity contribution >= 4 is 22.9 Å². The van der Waals surface area contributed by atoms with Crippen LogP contribution in [0.15, 0.2) is 60.8 Å². The van der Waals surface area contributed by atoms with E-state index < -0.39 is 12.0 Å². The van der Waals surface area contributed by atoms with Gasteiger partial charge in [0.15, 0.2) is 0 Å². The predicted molar refractivity (Wildman–Crippen MR) is 104 cm³/mol. The van der Waals surface area contributed by atoms with Gasteiger partial charge in [0.25, 0.3) is 0 Å². The van der Waals surface area contributed by atoms with Crippen molar-refractivity contribution in [3.05, 3.63) is 71.9 Å². The molecule has 2 atom stereocenters. The Morgan fingerprint density at radius 1 is 1.11 bits per heavy atom. The summed E-state index contributed by atoms with van der Waals surface area (Å²) in [5.41, 5.74) is 8.10. The molecule has 0 fully saturated rings. The highest BCUT2D eigenvalue weighted by atomic mass is 16.5. The first kappa shape index (κ1) is 18.5. The van der Waals surface area contributed by atoms with E-state index in [0.717, 1.165) is 22.0 Å². The predicted octanol–water partition coefficient (Wildman–Crippen LogP) is 3.30. The van der Waals surface area contributed by atoms with Crippen molar-refractivity contribution in [2.24, 2.45) is 11.7 Å². The summed E-state index contributed by atoms with van der Waals surface area (Å²) in [6.45, 7) is 1.85. The fraction of sp³-hybridized carbons (Fsp3) is 0.238. The zero-order valence-corrected chi connectivity index (χ0v) is 15.1. The number of hydrogen-bond acceptors (Lipinski definition) is 3. The van der Waals surface area contributed by atoms with Crippen molar-refractivity contribution in [3.63, 3.8) is 0 Å². The lowest BCUT2D eigenvalue weighted by atomic mass is 9.98. The maximum Gasteiger partial charge on any atom is 0.404 e. The summed E-state index contributed by atoms with van der Waals surface area (Å²) in [7, 11) is 0. The number of benzene rings is 2. The molecule has 2 amide bonds. The van der Waals surface area contributed by atoms with Gasteiger partial charge in [-0.3, -0.25) is 4.79 Å². The van der Waals surface area contributed by atoms with Gasteiger partial charge in [-0.05, 0) is 30.5 Å². The Labute approximate surface area is 157 Å². The van der Waals surface area contributed by atoms with Crippen LogP contribution in [0.25, 0.3) is 10.9 Å². The summed E-state index contributed by atoms with van der Waals surface area (Å²) in [5.74, 6) is -0.722. The molecule has 2 aromatic carbocycles. The monoisotopic (exact) mass is 365 g/mol. The normalized spacial score (nSPS) is 13.1. The molecule has 0 saturated heterocycles. The number of fused-ring (bicyclic) bond motifs is 1. The molecule has 140 valence electrons. The van der Waals surface area contributed by atoms with E-state index in [4.69, 9.17) is 10.5 Å². The van der Waals surface area contributed by atoms with Crippen LogP contribution in [0.2, 0.25) is 0 Å². The number of para-hydroxylation sites is 1. The Hall–Kier alpha value is -3.28. The number of nitrogens with two attached hydrogens (primary N) is 1. The van der Waals surface area contributed by atoms with Crippen LogP contribution in [0.1, 0.15) is 24.1 Å². The number of ether oxygens (including phenoxy) is 1. The average Bonchev–Trinajstić information content (AvgIpc) is 3.08. The second kappa shape index (κ2) is 8.40. The molecule has 0 aliphatic rings. The summed E-state index contributed by atoms with van der Waals surface area (Å²) in [5, 5.41) is 4.05. The van der Waals surface area contributed by atoms with Gasteiger partial charge in [-0.2, -0.15) is 0 Å². The minimum atomic E-state index is -0.886. The SMILES string of the molecule is CC(NC(=O)C(COC(N)=O)Cc1c[nH]c2ccccc12)c1ccccc1. The van der Waals surface area contributed by atoms with Gasteiger partial charge < -0.3 is 20.8 Å². The molecule has 6 heteroatoms. The van der Waals surface area contributed by atoms with Gasteiger partial charge in [0, 0.05) is 17.1 Å². The molecular weight excluding hydrogens is 342 g/mol. The van der Waals surface area contributed by atoms with Crippen LogP contribution < -0.4 is 11.1 Å². The van der Waals surface area contributed by atoms with Crippen LogP contribution in [0, 0.1) is 5.92 Å². The molecule has 0 spiro atoms. The molecule has 0 aliphatic heterocycles. The van der Waals surface area contributed by atoms with E-state index in [1.807, 2.05) is 67.7 Å². The minimum Gasteiger partial charge on any atom is -0.449 e. The zero-order valence-electron chi connectivity index (χ0n) is 15.1. The Bertz CT molecular complexity index is 921. The molecule has 0 aliphatic carbocycles. The zero-order chi connectivity index (χ0) is 19.2.